The van der Waals surface area contributed by atoms with E-state index in [-0.39, 0.29) is 23.5 Å². The van der Waals surface area contributed by atoms with Gasteiger partial charge in [-0.3, -0.25) is 0 Å². The van der Waals surface area contributed by atoms with Crippen molar-refractivity contribution in [2.75, 3.05) is 26.3 Å². The van der Waals surface area contributed by atoms with Crippen LogP contribution in [0.2, 0.25) is 0 Å². The summed E-state index contributed by atoms with van der Waals surface area (Å²) >= 11 is 0. The van der Waals surface area contributed by atoms with Crippen molar-refractivity contribution in [3.05, 3.63) is 35.4 Å². The Morgan fingerprint density at radius 3 is 2.55 bits per heavy atom. The summed E-state index contributed by atoms with van der Waals surface area (Å²) in [5.74, 6) is 0.296. The number of carbonyl (C=O) groups excluding carboxylic acids is 1. The van der Waals surface area contributed by atoms with Gasteiger partial charge in [-0.15, -0.1) is 0 Å². The summed E-state index contributed by atoms with van der Waals surface area (Å²) in [4.78, 5) is 25.4. The van der Waals surface area contributed by atoms with Crippen molar-refractivity contribution < 1.29 is 33.6 Å². The van der Waals surface area contributed by atoms with E-state index in [1.54, 1.807) is 12.1 Å². The van der Waals surface area contributed by atoms with E-state index in [0.29, 0.717) is 31.2 Å². The minimum Gasteiger partial charge on any atom is -0.487 e. The van der Waals surface area contributed by atoms with Crippen LogP contribution in [0, 0.1) is 11.3 Å². The molecule has 1 amide bonds. The third-order valence-electron chi connectivity index (χ3n) is 8.04. The highest BCUT2D eigenvalue weighted by molar-refractivity contribution is 5.68. The van der Waals surface area contributed by atoms with Gasteiger partial charge in [0, 0.05) is 30.6 Å². The quantitative estimate of drug-likeness (QED) is 0.442. The lowest BCUT2D eigenvalue weighted by Crippen LogP contribution is -2.56. The lowest BCUT2D eigenvalue weighted by atomic mass is 9.63. The van der Waals surface area contributed by atoms with Gasteiger partial charge in [0.2, 0.25) is 0 Å². The third-order valence-corrected chi connectivity index (χ3v) is 8.04. The lowest BCUT2D eigenvalue weighted by Gasteiger charge is -2.55. The molecule has 1 spiro atoms. The van der Waals surface area contributed by atoms with E-state index < -0.39 is 23.8 Å². The topological polar surface area (TPSA) is 94.5 Å². The zero-order chi connectivity index (χ0) is 27.7. The Kier molecular flexibility index (Phi) is 8.03. The molecule has 1 aromatic carbocycles. The third kappa shape index (κ3) is 6.45. The molecule has 8 heteroatoms. The number of hydrogen-bond acceptors (Lipinski definition) is 6. The normalized spacial score (nSPS) is 26.0. The molecule has 2 saturated heterocycles. The molecule has 4 rings (SSSR count). The maximum absolute atomic E-state index is 12.6. The first-order valence-corrected chi connectivity index (χ1v) is 13.7. The lowest BCUT2D eigenvalue weighted by molar-refractivity contribution is -0.179. The first-order valence-electron chi connectivity index (χ1n) is 13.7. The number of piperidine rings is 1. The second-order valence-electron chi connectivity index (χ2n) is 12.6. The van der Waals surface area contributed by atoms with Crippen LogP contribution in [0.5, 0.6) is 11.5 Å². The predicted octanol–water partition coefficient (Wildman–Crippen LogP) is 6.14. The molecule has 0 aromatic heterocycles. The van der Waals surface area contributed by atoms with Crippen LogP contribution < -0.4 is 9.47 Å². The van der Waals surface area contributed by atoms with E-state index in [4.69, 9.17) is 24.1 Å². The van der Waals surface area contributed by atoms with E-state index in [1.165, 1.54) is 5.57 Å². The second kappa shape index (κ2) is 10.8. The van der Waals surface area contributed by atoms with Gasteiger partial charge in [0.15, 0.2) is 6.61 Å². The fraction of sp³-hybridized carbons (Fsp3) is 0.667. The fourth-order valence-electron chi connectivity index (χ4n) is 5.98. The molecule has 2 fully saturated rings. The van der Waals surface area contributed by atoms with Gasteiger partial charge in [-0.25, -0.2) is 9.59 Å². The van der Waals surface area contributed by atoms with Crippen LogP contribution in [0.15, 0.2) is 29.8 Å². The van der Waals surface area contributed by atoms with Gasteiger partial charge in [0.05, 0.1) is 12.7 Å². The Morgan fingerprint density at radius 2 is 1.92 bits per heavy atom. The average molecular weight is 530 g/mol. The fourth-order valence-corrected chi connectivity index (χ4v) is 5.98. The summed E-state index contributed by atoms with van der Waals surface area (Å²) in [6.07, 6.45) is 6.31. The standard InChI is InChI=1S/C30H43NO7/c1-20(2)8-7-11-29(6)23-17-30(12-14-31(15-13-30)27(34)38-28(3,4)5)19-36-26(23)22-10-9-21(16-24(22)37-29)35-18-25(32)33/h8-10,16,23,26H,7,11-15,17-19H2,1-6H3,(H,32,33)/t23-,26+,29+/m0/s1. The highest BCUT2D eigenvalue weighted by Gasteiger charge is 2.54. The molecule has 0 aliphatic carbocycles. The molecule has 3 aliphatic heterocycles. The van der Waals surface area contributed by atoms with Crippen LogP contribution in [0.25, 0.3) is 0 Å². The van der Waals surface area contributed by atoms with Crippen LogP contribution in [-0.4, -0.2) is 59.6 Å². The number of likely N-dealkylation sites (tertiary alicyclic amines) is 1. The molecule has 0 saturated carbocycles. The van der Waals surface area contributed by atoms with E-state index in [2.05, 4.69) is 26.8 Å². The molecule has 3 heterocycles. The van der Waals surface area contributed by atoms with Gasteiger partial charge in [-0.2, -0.15) is 0 Å². The predicted molar refractivity (Wildman–Crippen MR) is 144 cm³/mol. The molecule has 3 atom stereocenters. The molecule has 8 nitrogen and oxygen atoms in total. The number of aliphatic carboxylic acids is 1. The molecule has 0 unspecified atom stereocenters. The molecule has 1 aromatic rings. The summed E-state index contributed by atoms with van der Waals surface area (Å²) in [5.41, 5.74) is 1.27. The summed E-state index contributed by atoms with van der Waals surface area (Å²) < 4.78 is 24.4. The highest BCUT2D eigenvalue weighted by atomic mass is 16.6. The maximum Gasteiger partial charge on any atom is 0.410 e. The summed E-state index contributed by atoms with van der Waals surface area (Å²) in [6.45, 7) is 13.6. The Labute approximate surface area is 226 Å². The van der Waals surface area contributed by atoms with Crippen LogP contribution in [0.1, 0.15) is 85.3 Å². The summed E-state index contributed by atoms with van der Waals surface area (Å²) in [6, 6.07) is 5.53. The Morgan fingerprint density at radius 1 is 1.21 bits per heavy atom. The first-order chi connectivity index (χ1) is 17.8. The average Bonchev–Trinajstić information content (AvgIpc) is 2.82. The Bertz CT molecular complexity index is 1060. The van der Waals surface area contributed by atoms with Gasteiger partial charge in [0.25, 0.3) is 0 Å². The zero-order valence-electron chi connectivity index (χ0n) is 23.7. The molecule has 38 heavy (non-hydrogen) atoms. The number of rotatable bonds is 6. The van der Waals surface area contributed by atoms with Crippen LogP contribution in [0.3, 0.4) is 0 Å². The first kappa shape index (κ1) is 28.3. The van der Waals surface area contributed by atoms with Crippen molar-refractivity contribution in [1.29, 1.82) is 0 Å². The minimum atomic E-state index is -1.02. The zero-order valence-corrected chi connectivity index (χ0v) is 23.7. The molecular formula is C30H43NO7. The summed E-state index contributed by atoms with van der Waals surface area (Å²) in [5, 5.41) is 9.00. The SMILES string of the molecule is CC(C)=CCC[C@@]1(C)Oc2cc(OCC(=O)O)ccc2[C@H]2OCC3(CCN(C(=O)OC(C)(C)C)CC3)C[C@@H]21. The van der Waals surface area contributed by atoms with Gasteiger partial charge in [-0.05, 0) is 91.2 Å². The largest absolute Gasteiger partial charge is 0.487 e. The molecular weight excluding hydrogens is 486 g/mol. The molecule has 0 radical (unpaired) electrons. The number of carboxylic acid groups (broad SMARTS) is 1. The number of carboxylic acids is 1. The number of carbonyl (C=O) groups is 2. The van der Waals surface area contributed by atoms with Gasteiger partial charge in [0.1, 0.15) is 22.7 Å². The van der Waals surface area contributed by atoms with Crippen molar-refractivity contribution in [2.24, 2.45) is 11.3 Å². The second-order valence-corrected chi connectivity index (χ2v) is 12.6. The van der Waals surface area contributed by atoms with E-state index >= 15 is 0 Å². The molecule has 210 valence electrons. The van der Waals surface area contributed by atoms with Gasteiger partial charge in [-0.1, -0.05) is 11.6 Å². The summed E-state index contributed by atoms with van der Waals surface area (Å²) in [7, 11) is 0. The molecule has 1 N–H and O–H groups in total. The number of amides is 1. The monoisotopic (exact) mass is 529 g/mol. The molecule has 0 bridgehead atoms. The van der Waals surface area contributed by atoms with E-state index in [0.717, 1.165) is 37.7 Å². The number of allylic oxidation sites excluding steroid dienone is 2. The number of ether oxygens (including phenoxy) is 4. The van der Waals surface area contributed by atoms with Crippen molar-refractivity contribution in [3.8, 4) is 11.5 Å². The van der Waals surface area contributed by atoms with E-state index in [9.17, 15) is 9.59 Å². The van der Waals surface area contributed by atoms with Crippen molar-refractivity contribution in [2.45, 2.75) is 91.0 Å². The van der Waals surface area contributed by atoms with Crippen LogP contribution in [0.4, 0.5) is 4.79 Å². The number of benzene rings is 1. The van der Waals surface area contributed by atoms with Crippen molar-refractivity contribution in [3.63, 3.8) is 0 Å². The number of hydrogen-bond donors (Lipinski definition) is 1. The van der Waals surface area contributed by atoms with Gasteiger partial charge < -0.3 is 29.0 Å². The van der Waals surface area contributed by atoms with Crippen LogP contribution >= 0.6 is 0 Å². The van der Waals surface area contributed by atoms with Crippen molar-refractivity contribution >= 4 is 12.1 Å². The minimum absolute atomic E-state index is 0.0111. The van der Waals surface area contributed by atoms with Gasteiger partial charge >= 0.3 is 12.1 Å². The number of fused-ring (bicyclic) bond motifs is 3. The molecule has 3 aliphatic rings. The van der Waals surface area contributed by atoms with E-state index in [1.807, 2.05) is 31.7 Å². The van der Waals surface area contributed by atoms with Crippen LogP contribution in [-0.2, 0) is 14.3 Å². The number of nitrogens with zero attached hydrogens (tertiary/aromatic N) is 1. The highest BCUT2D eigenvalue weighted by Crippen LogP contribution is 2.57. The van der Waals surface area contributed by atoms with Crippen molar-refractivity contribution in [1.82, 2.24) is 4.90 Å². The smallest absolute Gasteiger partial charge is 0.410 e. The maximum atomic E-state index is 12.6. The Balaban J connectivity index is 1.55. The Hall–Kier alpha value is -2.74.